The van der Waals surface area contributed by atoms with Crippen molar-refractivity contribution in [1.29, 1.82) is 0 Å². The molecule has 2 aromatic carbocycles. The smallest absolute Gasteiger partial charge is 0.237 e. The lowest BCUT2D eigenvalue weighted by molar-refractivity contribution is -0.123. The molecule has 0 bridgehead atoms. The predicted octanol–water partition coefficient (Wildman–Crippen LogP) is 4.04. The maximum atomic E-state index is 12.9. The molecular formula is C29H44N4O2. The molecule has 0 aliphatic rings. The van der Waals surface area contributed by atoms with E-state index in [2.05, 4.69) is 66.2 Å². The summed E-state index contributed by atoms with van der Waals surface area (Å²) >= 11 is 0. The van der Waals surface area contributed by atoms with Crippen LogP contribution in [0.3, 0.4) is 0 Å². The highest BCUT2D eigenvalue weighted by Gasteiger charge is 2.20. The van der Waals surface area contributed by atoms with E-state index in [0.29, 0.717) is 38.3 Å². The summed E-state index contributed by atoms with van der Waals surface area (Å²) in [5.74, 6) is 0.489. The van der Waals surface area contributed by atoms with Crippen LogP contribution in [-0.2, 0) is 16.0 Å². The Morgan fingerprint density at radius 3 is 1.94 bits per heavy atom. The molecule has 0 aliphatic heterocycles. The molecule has 35 heavy (non-hydrogen) atoms. The third kappa shape index (κ3) is 11.1. The molecule has 0 saturated carbocycles. The lowest BCUT2D eigenvalue weighted by Gasteiger charge is -2.21. The molecule has 6 nitrogen and oxygen atoms in total. The van der Waals surface area contributed by atoms with Crippen LogP contribution < -0.4 is 21.7 Å². The molecule has 0 aliphatic carbocycles. The molecule has 0 radical (unpaired) electrons. The predicted molar refractivity (Wildman–Crippen MR) is 145 cm³/mol. The number of nitrogens with one attached hydrogen (secondary N) is 3. The van der Waals surface area contributed by atoms with Crippen LogP contribution in [0.1, 0.15) is 58.9 Å². The second-order valence-electron chi connectivity index (χ2n) is 10.0. The molecule has 0 unspecified atom stereocenters. The van der Waals surface area contributed by atoms with Crippen molar-refractivity contribution < 1.29 is 9.59 Å². The van der Waals surface area contributed by atoms with E-state index in [1.807, 2.05) is 32.0 Å². The van der Waals surface area contributed by atoms with Gasteiger partial charge < -0.3 is 21.7 Å². The fraction of sp³-hybridized carbons (Fsp3) is 0.517. The van der Waals surface area contributed by atoms with E-state index in [0.717, 1.165) is 24.0 Å². The van der Waals surface area contributed by atoms with E-state index in [-0.39, 0.29) is 23.9 Å². The Balaban J connectivity index is 1.79. The van der Waals surface area contributed by atoms with Gasteiger partial charge in [-0.05, 0) is 54.7 Å². The van der Waals surface area contributed by atoms with E-state index < -0.39 is 6.04 Å². The normalized spacial score (nSPS) is 13.0. The van der Waals surface area contributed by atoms with Crippen molar-refractivity contribution in [3.63, 3.8) is 0 Å². The average molecular weight is 481 g/mol. The summed E-state index contributed by atoms with van der Waals surface area (Å²) in [4.78, 5) is 25.0. The van der Waals surface area contributed by atoms with Gasteiger partial charge in [0.25, 0.3) is 0 Å². The van der Waals surface area contributed by atoms with Gasteiger partial charge in [0.2, 0.25) is 11.8 Å². The third-order valence-corrected chi connectivity index (χ3v) is 5.94. The SMILES string of the molecule is CC(C)CCCNC(=O)[C@@H](N)CCCNC(=O)[C@@H](Cc1ccc(-c2ccccc2)cc1)NC(C)C. The maximum absolute atomic E-state index is 12.9. The van der Waals surface area contributed by atoms with Crippen LogP contribution in [0.5, 0.6) is 0 Å². The Morgan fingerprint density at radius 2 is 1.34 bits per heavy atom. The quantitative estimate of drug-likeness (QED) is 0.289. The number of carbonyl (C=O) groups excluding carboxylic acids is 2. The van der Waals surface area contributed by atoms with Crippen LogP contribution in [0.2, 0.25) is 0 Å². The van der Waals surface area contributed by atoms with E-state index in [4.69, 9.17) is 5.73 Å². The van der Waals surface area contributed by atoms with Gasteiger partial charge in [0, 0.05) is 19.1 Å². The minimum atomic E-state index is -0.543. The molecule has 0 aromatic heterocycles. The molecular weight excluding hydrogens is 436 g/mol. The van der Waals surface area contributed by atoms with Gasteiger partial charge in [-0.15, -0.1) is 0 Å². The Labute approximate surface area is 211 Å². The van der Waals surface area contributed by atoms with Gasteiger partial charge in [-0.3, -0.25) is 9.59 Å². The van der Waals surface area contributed by atoms with Crippen molar-refractivity contribution in [2.24, 2.45) is 11.7 Å². The highest BCUT2D eigenvalue weighted by atomic mass is 16.2. The number of nitrogens with two attached hydrogens (primary N) is 1. The second-order valence-corrected chi connectivity index (χ2v) is 10.0. The maximum Gasteiger partial charge on any atom is 0.237 e. The molecule has 5 N–H and O–H groups in total. The first-order valence-corrected chi connectivity index (χ1v) is 13.0. The third-order valence-electron chi connectivity index (χ3n) is 5.94. The Bertz CT molecular complexity index is 881. The van der Waals surface area contributed by atoms with Crippen molar-refractivity contribution in [3.8, 4) is 11.1 Å². The van der Waals surface area contributed by atoms with Crippen LogP contribution in [0.4, 0.5) is 0 Å². The van der Waals surface area contributed by atoms with Crippen LogP contribution in [-0.4, -0.2) is 43.0 Å². The summed E-state index contributed by atoms with van der Waals surface area (Å²) in [7, 11) is 0. The lowest BCUT2D eigenvalue weighted by Crippen LogP contribution is -2.48. The van der Waals surface area contributed by atoms with Crippen LogP contribution >= 0.6 is 0 Å². The molecule has 0 heterocycles. The highest BCUT2D eigenvalue weighted by molar-refractivity contribution is 5.82. The number of amides is 2. The number of carbonyl (C=O) groups is 2. The van der Waals surface area contributed by atoms with Gasteiger partial charge in [0.15, 0.2) is 0 Å². The molecule has 0 saturated heterocycles. The summed E-state index contributed by atoms with van der Waals surface area (Å²) in [5.41, 5.74) is 9.46. The van der Waals surface area contributed by atoms with E-state index in [1.54, 1.807) is 0 Å². The number of rotatable bonds is 15. The number of benzene rings is 2. The Kier molecular flexibility index (Phi) is 12.5. The Hall–Kier alpha value is -2.70. The molecule has 2 amide bonds. The first kappa shape index (κ1) is 28.5. The number of hydrogen-bond donors (Lipinski definition) is 4. The molecule has 2 aromatic rings. The summed E-state index contributed by atoms with van der Waals surface area (Å²) in [6.07, 6.45) is 3.86. The van der Waals surface area contributed by atoms with Gasteiger partial charge in [-0.2, -0.15) is 0 Å². The zero-order valence-corrected chi connectivity index (χ0v) is 21.8. The van der Waals surface area contributed by atoms with Gasteiger partial charge in [-0.1, -0.05) is 82.3 Å². The van der Waals surface area contributed by atoms with Gasteiger partial charge in [0.05, 0.1) is 12.1 Å². The van der Waals surface area contributed by atoms with Crippen molar-refractivity contribution >= 4 is 11.8 Å². The molecule has 2 atom stereocenters. The van der Waals surface area contributed by atoms with Crippen molar-refractivity contribution in [2.45, 2.75) is 77.9 Å². The summed E-state index contributed by atoms with van der Waals surface area (Å²) < 4.78 is 0. The second kappa shape index (κ2) is 15.3. The summed E-state index contributed by atoms with van der Waals surface area (Å²) in [5, 5.41) is 9.30. The Morgan fingerprint density at radius 1 is 0.771 bits per heavy atom. The zero-order valence-electron chi connectivity index (χ0n) is 21.8. The van der Waals surface area contributed by atoms with Gasteiger partial charge in [-0.25, -0.2) is 0 Å². The minimum absolute atomic E-state index is 0.0301. The van der Waals surface area contributed by atoms with E-state index in [9.17, 15) is 9.59 Å². The van der Waals surface area contributed by atoms with Crippen LogP contribution in [0.25, 0.3) is 11.1 Å². The van der Waals surface area contributed by atoms with Crippen LogP contribution in [0, 0.1) is 5.92 Å². The fourth-order valence-electron chi connectivity index (χ4n) is 3.97. The largest absolute Gasteiger partial charge is 0.355 e. The van der Waals surface area contributed by atoms with E-state index >= 15 is 0 Å². The van der Waals surface area contributed by atoms with Gasteiger partial charge >= 0.3 is 0 Å². The highest BCUT2D eigenvalue weighted by Crippen LogP contribution is 2.19. The average Bonchev–Trinajstić information content (AvgIpc) is 2.84. The number of hydrogen-bond acceptors (Lipinski definition) is 4. The standard InChI is InChI=1S/C29H44N4O2/c1-21(2)10-8-18-31-28(34)26(30)13-9-19-32-29(35)27(33-22(3)4)20-23-14-16-25(17-15-23)24-11-6-5-7-12-24/h5-7,11-12,14-17,21-22,26-27,33H,8-10,13,18-20,30H2,1-4H3,(H,31,34)(H,32,35)/t26-,27+/m0/s1. The minimum Gasteiger partial charge on any atom is -0.355 e. The topological polar surface area (TPSA) is 96.2 Å². The molecule has 0 spiro atoms. The monoisotopic (exact) mass is 480 g/mol. The fourth-order valence-corrected chi connectivity index (χ4v) is 3.97. The molecule has 192 valence electrons. The van der Waals surface area contributed by atoms with Crippen molar-refractivity contribution in [1.82, 2.24) is 16.0 Å². The summed E-state index contributed by atoms with van der Waals surface area (Å²) in [6, 6.07) is 17.9. The van der Waals surface area contributed by atoms with Crippen molar-refractivity contribution in [3.05, 3.63) is 60.2 Å². The summed E-state index contributed by atoms with van der Waals surface area (Å²) in [6.45, 7) is 9.58. The molecule has 2 rings (SSSR count). The van der Waals surface area contributed by atoms with Gasteiger partial charge in [0.1, 0.15) is 0 Å². The van der Waals surface area contributed by atoms with E-state index in [1.165, 1.54) is 5.56 Å². The zero-order chi connectivity index (χ0) is 25.6. The molecule has 6 heteroatoms. The molecule has 0 fully saturated rings. The van der Waals surface area contributed by atoms with Crippen molar-refractivity contribution in [2.75, 3.05) is 13.1 Å². The van der Waals surface area contributed by atoms with Crippen LogP contribution in [0.15, 0.2) is 54.6 Å². The first-order chi connectivity index (χ1) is 16.8. The first-order valence-electron chi connectivity index (χ1n) is 13.0. The lowest BCUT2D eigenvalue weighted by atomic mass is 10.00.